The lowest BCUT2D eigenvalue weighted by molar-refractivity contribution is 0.168. The Bertz CT molecular complexity index is 505. The molecule has 0 saturated carbocycles. The van der Waals surface area contributed by atoms with Gasteiger partial charge in [-0.1, -0.05) is 18.2 Å². The zero-order valence-corrected chi connectivity index (χ0v) is 9.70. The Balaban J connectivity index is 2.27. The summed E-state index contributed by atoms with van der Waals surface area (Å²) in [5, 5.41) is 4.12. The number of amides is 1. The SMILES string of the molecule is CN(C)C(=O)Oc1ccnn1-c1ccccc1. The smallest absolute Gasteiger partial charge is 0.391 e. The molecule has 0 N–H and O–H groups in total. The first-order valence-electron chi connectivity index (χ1n) is 5.17. The lowest BCUT2D eigenvalue weighted by Gasteiger charge is -2.11. The number of rotatable bonds is 2. The Morgan fingerprint density at radius 3 is 2.59 bits per heavy atom. The van der Waals surface area contributed by atoms with Gasteiger partial charge in [0.1, 0.15) is 0 Å². The van der Waals surface area contributed by atoms with Crippen LogP contribution in [0.4, 0.5) is 4.79 Å². The van der Waals surface area contributed by atoms with Crippen molar-refractivity contribution in [3.63, 3.8) is 0 Å². The Hall–Kier alpha value is -2.30. The fourth-order valence-corrected chi connectivity index (χ4v) is 1.31. The molecule has 17 heavy (non-hydrogen) atoms. The molecule has 1 aromatic carbocycles. The maximum atomic E-state index is 11.5. The van der Waals surface area contributed by atoms with Gasteiger partial charge in [-0.05, 0) is 12.1 Å². The minimum atomic E-state index is -0.428. The van der Waals surface area contributed by atoms with Crippen molar-refractivity contribution in [1.82, 2.24) is 14.7 Å². The van der Waals surface area contributed by atoms with E-state index in [0.29, 0.717) is 5.88 Å². The fourth-order valence-electron chi connectivity index (χ4n) is 1.31. The molecular weight excluding hydrogens is 218 g/mol. The van der Waals surface area contributed by atoms with Gasteiger partial charge in [0.15, 0.2) is 0 Å². The average molecular weight is 231 g/mol. The molecule has 0 fully saturated rings. The average Bonchev–Trinajstić information content (AvgIpc) is 2.78. The molecule has 0 bridgehead atoms. The van der Waals surface area contributed by atoms with Crippen LogP contribution in [0.2, 0.25) is 0 Å². The van der Waals surface area contributed by atoms with Crippen LogP contribution in [0.25, 0.3) is 5.69 Å². The van der Waals surface area contributed by atoms with Crippen LogP contribution in [0.5, 0.6) is 5.88 Å². The number of nitrogens with zero attached hydrogens (tertiary/aromatic N) is 3. The van der Waals surface area contributed by atoms with Crippen LogP contribution in [0.1, 0.15) is 0 Å². The minimum Gasteiger partial charge on any atom is -0.391 e. The first-order valence-corrected chi connectivity index (χ1v) is 5.17. The summed E-state index contributed by atoms with van der Waals surface area (Å²) in [6.45, 7) is 0. The summed E-state index contributed by atoms with van der Waals surface area (Å²) in [7, 11) is 3.26. The number of ether oxygens (including phenoxy) is 1. The molecule has 0 aliphatic heterocycles. The molecule has 1 amide bonds. The van der Waals surface area contributed by atoms with Crippen LogP contribution >= 0.6 is 0 Å². The Morgan fingerprint density at radius 2 is 1.94 bits per heavy atom. The van der Waals surface area contributed by atoms with Crippen LogP contribution < -0.4 is 4.74 Å². The van der Waals surface area contributed by atoms with Crippen molar-refractivity contribution < 1.29 is 9.53 Å². The first-order chi connectivity index (χ1) is 8.18. The number of carbonyl (C=O) groups is 1. The molecular formula is C12H13N3O2. The molecule has 0 spiro atoms. The van der Waals surface area contributed by atoms with Crippen LogP contribution in [0.3, 0.4) is 0 Å². The molecule has 5 heteroatoms. The number of para-hydroxylation sites is 1. The van der Waals surface area contributed by atoms with E-state index in [1.54, 1.807) is 31.0 Å². The standard InChI is InChI=1S/C12H13N3O2/c1-14(2)12(16)17-11-8-9-13-15(11)10-6-4-3-5-7-10/h3-9H,1-2H3. The van der Waals surface area contributed by atoms with Gasteiger partial charge in [-0.25, -0.2) is 9.48 Å². The van der Waals surface area contributed by atoms with Crippen LogP contribution in [0.15, 0.2) is 42.6 Å². The first kappa shape index (κ1) is 11.2. The molecule has 0 radical (unpaired) electrons. The Morgan fingerprint density at radius 1 is 1.24 bits per heavy atom. The molecule has 0 unspecified atom stereocenters. The van der Waals surface area contributed by atoms with Crippen LogP contribution in [-0.2, 0) is 0 Å². The normalized spacial score (nSPS) is 10.0. The summed E-state index contributed by atoms with van der Waals surface area (Å²) in [6, 6.07) is 11.1. The molecule has 1 aromatic heterocycles. The van der Waals surface area contributed by atoms with Crippen molar-refractivity contribution in [2.24, 2.45) is 0 Å². The Kier molecular flexibility index (Phi) is 3.09. The monoisotopic (exact) mass is 231 g/mol. The van der Waals surface area contributed by atoms with E-state index in [1.165, 1.54) is 4.90 Å². The minimum absolute atomic E-state index is 0.398. The summed E-state index contributed by atoms with van der Waals surface area (Å²) in [6.07, 6.45) is 1.16. The van der Waals surface area contributed by atoms with E-state index in [2.05, 4.69) is 5.10 Å². The molecule has 2 aromatic rings. The second kappa shape index (κ2) is 4.69. The van der Waals surface area contributed by atoms with Crippen LogP contribution in [0, 0.1) is 0 Å². The molecule has 0 aliphatic carbocycles. The zero-order valence-electron chi connectivity index (χ0n) is 9.70. The Labute approximate surface area is 99.2 Å². The van der Waals surface area contributed by atoms with Gasteiger partial charge in [0.2, 0.25) is 5.88 Å². The van der Waals surface area contributed by atoms with E-state index in [-0.39, 0.29) is 0 Å². The highest BCUT2D eigenvalue weighted by molar-refractivity contribution is 5.69. The summed E-state index contributed by atoms with van der Waals surface area (Å²) in [5.74, 6) is 0.398. The van der Waals surface area contributed by atoms with Crippen molar-refractivity contribution in [1.29, 1.82) is 0 Å². The third-order valence-corrected chi connectivity index (χ3v) is 2.17. The van der Waals surface area contributed by atoms with Crippen molar-refractivity contribution >= 4 is 6.09 Å². The predicted octanol–water partition coefficient (Wildman–Crippen LogP) is 1.93. The van der Waals surface area contributed by atoms with E-state index < -0.39 is 6.09 Å². The van der Waals surface area contributed by atoms with Gasteiger partial charge >= 0.3 is 6.09 Å². The number of benzene rings is 1. The molecule has 1 heterocycles. The highest BCUT2D eigenvalue weighted by atomic mass is 16.6. The number of carbonyl (C=O) groups excluding carboxylic acids is 1. The van der Waals surface area contributed by atoms with Gasteiger partial charge in [-0.2, -0.15) is 5.10 Å². The second-order valence-corrected chi connectivity index (χ2v) is 3.68. The maximum absolute atomic E-state index is 11.5. The molecule has 2 rings (SSSR count). The number of hydrogen-bond donors (Lipinski definition) is 0. The van der Waals surface area contributed by atoms with Gasteiger partial charge in [0, 0.05) is 20.2 Å². The van der Waals surface area contributed by atoms with Crippen LogP contribution in [-0.4, -0.2) is 34.9 Å². The van der Waals surface area contributed by atoms with Gasteiger partial charge < -0.3 is 9.64 Å². The van der Waals surface area contributed by atoms with E-state index >= 15 is 0 Å². The van der Waals surface area contributed by atoms with E-state index in [9.17, 15) is 4.79 Å². The molecule has 0 saturated heterocycles. The highest BCUT2D eigenvalue weighted by Gasteiger charge is 2.11. The van der Waals surface area contributed by atoms with E-state index in [1.807, 2.05) is 30.3 Å². The van der Waals surface area contributed by atoms with Gasteiger partial charge in [-0.15, -0.1) is 0 Å². The van der Waals surface area contributed by atoms with Crippen molar-refractivity contribution in [2.75, 3.05) is 14.1 Å². The maximum Gasteiger partial charge on any atom is 0.416 e. The number of aromatic nitrogens is 2. The molecule has 0 atom stereocenters. The zero-order chi connectivity index (χ0) is 12.3. The van der Waals surface area contributed by atoms with Gasteiger partial charge in [0.25, 0.3) is 0 Å². The quantitative estimate of drug-likeness (QED) is 0.793. The van der Waals surface area contributed by atoms with E-state index in [0.717, 1.165) is 5.69 Å². The second-order valence-electron chi connectivity index (χ2n) is 3.68. The molecule has 5 nitrogen and oxygen atoms in total. The lowest BCUT2D eigenvalue weighted by Crippen LogP contribution is -2.26. The van der Waals surface area contributed by atoms with Crippen molar-refractivity contribution in [3.05, 3.63) is 42.6 Å². The molecule has 88 valence electrons. The summed E-state index contributed by atoms with van der Waals surface area (Å²) < 4.78 is 6.76. The summed E-state index contributed by atoms with van der Waals surface area (Å²) >= 11 is 0. The highest BCUT2D eigenvalue weighted by Crippen LogP contribution is 2.16. The third-order valence-electron chi connectivity index (χ3n) is 2.17. The van der Waals surface area contributed by atoms with E-state index in [4.69, 9.17) is 4.74 Å². The summed E-state index contributed by atoms with van der Waals surface area (Å²) in [4.78, 5) is 12.8. The topological polar surface area (TPSA) is 47.4 Å². The van der Waals surface area contributed by atoms with Crippen molar-refractivity contribution in [2.45, 2.75) is 0 Å². The van der Waals surface area contributed by atoms with Crippen molar-refractivity contribution in [3.8, 4) is 11.6 Å². The molecule has 0 aliphatic rings. The van der Waals surface area contributed by atoms with Gasteiger partial charge in [0.05, 0.1) is 11.9 Å². The van der Waals surface area contributed by atoms with Gasteiger partial charge in [-0.3, -0.25) is 0 Å². The largest absolute Gasteiger partial charge is 0.416 e. The summed E-state index contributed by atoms with van der Waals surface area (Å²) in [5.41, 5.74) is 0.846. The number of hydrogen-bond acceptors (Lipinski definition) is 3. The predicted molar refractivity (Wildman–Crippen MR) is 63.3 cm³/mol. The third kappa shape index (κ3) is 2.44. The fraction of sp³-hybridized carbons (Fsp3) is 0.167. The lowest BCUT2D eigenvalue weighted by atomic mass is 10.3.